The molecule has 0 saturated heterocycles. The third kappa shape index (κ3) is 39.0. The smallest absolute Gasteiger partial charge is 0.329 e. The van der Waals surface area contributed by atoms with Gasteiger partial charge in [0.2, 0.25) is 0 Å². The number of aliphatic carboxylic acids is 2. The fourth-order valence-electron chi connectivity index (χ4n) is 1.66. The fourth-order valence-corrected chi connectivity index (χ4v) is 1.66. The first-order chi connectivity index (χ1) is 11.5. The van der Waals surface area contributed by atoms with Crippen molar-refractivity contribution in [3.8, 4) is 0 Å². The van der Waals surface area contributed by atoms with Crippen LogP contribution in [-0.2, 0) is 68.6 Å². The molecule has 0 spiro atoms. The molecule has 0 fully saturated rings. The number of methoxy groups -OCH3 is 1. The Morgan fingerprint density at radius 1 is 0.846 bits per heavy atom. The number of carbonyl (C=O) groups is 2. The topological polar surface area (TPSA) is 102 Å². The molecule has 0 aliphatic rings. The molecule has 26 heavy (non-hydrogen) atoms. The van der Waals surface area contributed by atoms with Gasteiger partial charge in [-0.2, -0.15) is 0 Å². The third-order valence-electron chi connectivity index (χ3n) is 2.85. The molecule has 0 aliphatic carbocycles. The molecule has 0 aromatic heterocycles. The molecule has 0 aromatic carbocycles. The van der Waals surface area contributed by atoms with Gasteiger partial charge in [-0.3, -0.25) is 4.79 Å². The van der Waals surface area contributed by atoms with Crippen molar-refractivity contribution >= 4 is 11.9 Å². The second-order valence-electron chi connectivity index (χ2n) is 5.09. The summed E-state index contributed by atoms with van der Waals surface area (Å²) in [5, 5.41) is 16.5. The number of unbranched alkanes of at least 4 members (excludes halogenated alkanes) is 6. The normalized spacial score (nSPS) is 9.31. The van der Waals surface area contributed by atoms with Crippen LogP contribution >= 0.6 is 0 Å². The van der Waals surface area contributed by atoms with Gasteiger partial charge in [0, 0.05) is 51.2 Å². The molecule has 0 aromatic rings. The maximum Gasteiger partial charge on any atom is 0.329 e. The average molecular weight is 564 g/mol. The summed E-state index contributed by atoms with van der Waals surface area (Å²) in [5.41, 5.74) is 0. The molecular formula is C17H32Ag2O7. The number of ether oxygens (including phenoxy) is 3. The van der Waals surface area contributed by atoms with Gasteiger partial charge in [0.1, 0.15) is 25.7 Å². The van der Waals surface area contributed by atoms with E-state index in [0.717, 1.165) is 12.8 Å². The Morgan fingerprint density at radius 2 is 1.42 bits per heavy atom. The van der Waals surface area contributed by atoms with E-state index in [-0.39, 0.29) is 58.0 Å². The zero-order valence-electron chi connectivity index (χ0n) is 15.5. The summed E-state index contributed by atoms with van der Waals surface area (Å²) in [4.78, 5) is 20.1. The Hall–Kier alpha value is -0.279. The van der Waals surface area contributed by atoms with E-state index in [1.54, 1.807) is 0 Å². The van der Waals surface area contributed by atoms with Crippen LogP contribution in [0.15, 0.2) is 12.5 Å². The predicted molar refractivity (Wildman–Crippen MR) is 90.8 cm³/mol. The Kier molecular flexibility index (Phi) is 37.8. The van der Waals surface area contributed by atoms with Gasteiger partial charge < -0.3 is 24.4 Å². The number of carboxylic acids is 2. The molecule has 164 valence electrons. The minimum absolute atomic E-state index is 0. The van der Waals surface area contributed by atoms with Crippen LogP contribution in [0.1, 0.15) is 58.3 Å². The van der Waals surface area contributed by atoms with E-state index in [1.807, 2.05) is 0 Å². The van der Waals surface area contributed by atoms with Crippen molar-refractivity contribution in [1.82, 2.24) is 0 Å². The molecule has 0 rings (SSSR count). The standard InChI is InChI=1S/C10H20O2.C7H12O5.2Ag/c1-2-3-4-5-6-7-8-9-10(11)12;1-10-2-3-11-4-5-12-6-7(8)9;;/h2-9H2,1H3,(H,11,12);2-3H,4-6H2,1H3,(H,8,9);;/b;3-2+;;. The minimum atomic E-state index is -0.984. The zero-order valence-corrected chi connectivity index (χ0v) is 18.4. The van der Waals surface area contributed by atoms with E-state index in [4.69, 9.17) is 14.9 Å². The summed E-state index contributed by atoms with van der Waals surface area (Å²) in [6, 6.07) is 0. The molecule has 9 heteroatoms. The fraction of sp³-hybridized carbons (Fsp3) is 0.765. The summed E-state index contributed by atoms with van der Waals surface area (Å²) in [6.07, 6.45) is 11.4. The van der Waals surface area contributed by atoms with Crippen LogP contribution in [0.4, 0.5) is 0 Å². The first-order valence-electron chi connectivity index (χ1n) is 8.35. The number of hydrogen-bond acceptors (Lipinski definition) is 5. The monoisotopic (exact) mass is 562 g/mol. The van der Waals surface area contributed by atoms with Gasteiger partial charge in [-0.05, 0) is 6.42 Å². The molecule has 2 N–H and O–H groups in total. The van der Waals surface area contributed by atoms with Gasteiger partial charge in [-0.25, -0.2) is 4.79 Å². The van der Waals surface area contributed by atoms with Crippen molar-refractivity contribution in [3.05, 3.63) is 12.5 Å². The van der Waals surface area contributed by atoms with Crippen LogP contribution in [0, 0.1) is 0 Å². The van der Waals surface area contributed by atoms with Crippen molar-refractivity contribution in [2.24, 2.45) is 0 Å². The van der Waals surface area contributed by atoms with Gasteiger partial charge in [-0.1, -0.05) is 45.4 Å². The minimum Gasteiger partial charge on any atom is -0.501 e. The van der Waals surface area contributed by atoms with Gasteiger partial charge in [0.15, 0.2) is 0 Å². The summed E-state index contributed by atoms with van der Waals surface area (Å²) in [5.74, 6) is -1.65. The van der Waals surface area contributed by atoms with Crippen molar-refractivity contribution in [3.63, 3.8) is 0 Å². The molecule has 0 aliphatic heterocycles. The number of carboxylic acid groups (broad SMARTS) is 2. The first-order valence-corrected chi connectivity index (χ1v) is 8.35. The van der Waals surface area contributed by atoms with E-state index < -0.39 is 11.9 Å². The van der Waals surface area contributed by atoms with Gasteiger partial charge in [-0.15, -0.1) is 0 Å². The van der Waals surface area contributed by atoms with Gasteiger partial charge in [0.05, 0.1) is 13.7 Å². The second-order valence-corrected chi connectivity index (χ2v) is 5.09. The second kappa shape index (κ2) is 29.5. The quantitative estimate of drug-likeness (QED) is 0.179. The van der Waals surface area contributed by atoms with E-state index >= 15 is 0 Å². The van der Waals surface area contributed by atoms with E-state index in [0.29, 0.717) is 13.0 Å². The largest absolute Gasteiger partial charge is 0.501 e. The molecule has 0 amide bonds. The number of hydrogen-bond donors (Lipinski definition) is 2. The SMILES string of the molecule is CCCCCCCCCC(=O)O.CO/C=C/OCCOCC(=O)O.[Ag].[Ag]. The molecule has 2 radical (unpaired) electrons. The van der Waals surface area contributed by atoms with Crippen LogP contribution in [0.5, 0.6) is 0 Å². The Balaban J connectivity index is -0.000000173. The average Bonchev–Trinajstić information content (AvgIpc) is 2.53. The van der Waals surface area contributed by atoms with Crippen LogP contribution in [-0.4, -0.2) is 49.1 Å². The molecule has 0 unspecified atom stereocenters. The van der Waals surface area contributed by atoms with Crippen LogP contribution in [0.3, 0.4) is 0 Å². The van der Waals surface area contributed by atoms with Crippen LogP contribution in [0.25, 0.3) is 0 Å². The van der Waals surface area contributed by atoms with Crippen molar-refractivity contribution in [2.45, 2.75) is 58.3 Å². The van der Waals surface area contributed by atoms with Crippen molar-refractivity contribution in [1.29, 1.82) is 0 Å². The molecular weight excluding hydrogens is 532 g/mol. The Morgan fingerprint density at radius 3 is 1.92 bits per heavy atom. The van der Waals surface area contributed by atoms with E-state index in [1.165, 1.54) is 51.7 Å². The van der Waals surface area contributed by atoms with Gasteiger partial charge in [0.25, 0.3) is 0 Å². The maximum absolute atomic E-state index is 10.1. The van der Waals surface area contributed by atoms with E-state index in [2.05, 4.69) is 16.4 Å². The summed E-state index contributed by atoms with van der Waals surface area (Å²) < 4.78 is 14.1. The van der Waals surface area contributed by atoms with Crippen molar-refractivity contribution < 1.29 is 78.8 Å². The van der Waals surface area contributed by atoms with E-state index in [9.17, 15) is 9.59 Å². The number of rotatable bonds is 15. The summed E-state index contributed by atoms with van der Waals surface area (Å²) in [6.45, 7) is 2.47. The predicted octanol–water partition coefficient (Wildman–Crippen LogP) is 3.43. The zero-order chi connectivity index (χ0) is 18.5. The summed E-state index contributed by atoms with van der Waals surface area (Å²) >= 11 is 0. The molecule has 0 heterocycles. The first kappa shape index (κ1) is 33.3. The maximum atomic E-state index is 10.1. The molecule has 0 saturated carbocycles. The van der Waals surface area contributed by atoms with Crippen molar-refractivity contribution in [2.75, 3.05) is 26.9 Å². The Labute approximate surface area is 187 Å². The molecule has 0 atom stereocenters. The van der Waals surface area contributed by atoms with Crippen LogP contribution < -0.4 is 0 Å². The third-order valence-corrected chi connectivity index (χ3v) is 2.85. The van der Waals surface area contributed by atoms with Crippen LogP contribution in [0.2, 0.25) is 0 Å². The van der Waals surface area contributed by atoms with Gasteiger partial charge >= 0.3 is 11.9 Å². The molecule has 0 bridgehead atoms. The Bertz CT molecular complexity index is 326. The molecule has 7 nitrogen and oxygen atoms in total. The summed E-state index contributed by atoms with van der Waals surface area (Å²) in [7, 11) is 1.50.